The first kappa shape index (κ1) is 20.1. The topological polar surface area (TPSA) is 92.5 Å². The van der Waals surface area contributed by atoms with E-state index in [0.717, 1.165) is 25.7 Å². The molecule has 26 heavy (non-hydrogen) atoms. The van der Waals surface area contributed by atoms with E-state index in [1.54, 1.807) is 4.31 Å². The van der Waals surface area contributed by atoms with E-state index in [0.29, 0.717) is 37.8 Å². The van der Waals surface area contributed by atoms with Crippen molar-refractivity contribution in [2.75, 3.05) is 18.8 Å². The van der Waals surface area contributed by atoms with E-state index in [9.17, 15) is 13.2 Å². The smallest absolute Gasteiger partial charge is 0.223 e. The third kappa shape index (κ3) is 4.60. The summed E-state index contributed by atoms with van der Waals surface area (Å²) in [6.07, 6.45) is 6.84. The molecule has 2 atom stereocenters. The third-order valence-electron chi connectivity index (χ3n) is 6.52. The van der Waals surface area contributed by atoms with E-state index in [1.165, 1.54) is 6.42 Å². The predicted molar refractivity (Wildman–Crippen MR) is 103 cm³/mol. The number of carbonyl (C=O) groups excluding carboxylic acids is 1. The van der Waals surface area contributed by atoms with Crippen LogP contribution in [0.1, 0.15) is 58.8 Å². The van der Waals surface area contributed by atoms with E-state index >= 15 is 0 Å². The molecule has 7 heteroatoms. The van der Waals surface area contributed by atoms with Gasteiger partial charge in [0.1, 0.15) is 0 Å². The number of hydrogen-bond donors (Lipinski definition) is 2. The number of rotatable bonds is 5. The second-order valence-corrected chi connectivity index (χ2v) is 11.1. The quantitative estimate of drug-likeness (QED) is 0.753. The number of hydrogen-bond acceptors (Lipinski definition) is 4. The Labute approximate surface area is 158 Å². The van der Waals surface area contributed by atoms with Gasteiger partial charge in [-0.15, -0.1) is 0 Å². The number of sulfonamides is 1. The van der Waals surface area contributed by atoms with E-state index in [-0.39, 0.29) is 35.6 Å². The molecule has 1 amide bonds. The zero-order valence-electron chi connectivity index (χ0n) is 16.2. The molecule has 0 aromatic heterocycles. The molecule has 0 aromatic carbocycles. The van der Waals surface area contributed by atoms with Gasteiger partial charge in [0.2, 0.25) is 15.9 Å². The van der Waals surface area contributed by atoms with Crippen molar-refractivity contribution < 1.29 is 13.2 Å². The maximum atomic E-state index is 12.7. The summed E-state index contributed by atoms with van der Waals surface area (Å²) in [4.78, 5) is 12.7. The largest absolute Gasteiger partial charge is 0.353 e. The molecule has 2 unspecified atom stereocenters. The Morgan fingerprint density at radius 3 is 2.23 bits per heavy atom. The number of carbonyl (C=O) groups is 1. The fourth-order valence-corrected chi connectivity index (χ4v) is 6.95. The van der Waals surface area contributed by atoms with Crippen LogP contribution >= 0.6 is 0 Å². The molecule has 1 heterocycles. The van der Waals surface area contributed by atoms with E-state index in [4.69, 9.17) is 5.73 Å². The lowest BCUT2D eigenvalue weighted by Crippen LogP contribution is -2.52. The van der Waals surface area contributed by atoms with Crippen LogP contribution < -0.4 is 11.1 Å². The molecule has 1 aliphatic heterocycles. The van der Waals surface area contributed by atoms with Gasteiger partial charge in [-0.05, 0) is 56.3 Å². The first-order valence-electron chi connectivity index (χ1n) is 10.3. The maximum Gasteiger partial charge on any atom is 0.223 e. The fraction of sp³-hybridized carbons (Fsp3) is 0.947. The van der Waals surface area contributed by atoms with Crippen LogP contribution in [0.15, 0.2) is 0 Å². The first-order valence-corrected chi connectivity index (χ1v) is 11.9. The van der Waals surface area contributed by atoms with Crippen LogP contribution in [0, 0.1) is 23.7 Å². The van der Waals surface area contributed by atoms with Gasteiger partial charge in [-0.3, -0.25) is 4.79 Å². The summed E-state index contributed by atoms with van der Waals surface area (Å²) in [6.45, 7) is 4.88. The van der Waals surface area contributed by atoms with Gasteiger partial charge in [0, 0.05) is 31.1 Å². The van der Waals surface area contributed by atoms with Gasteiger partial charge in [0.15, 0.2) is 0 Å². The molecule has 2 saturated carbocycles. The lowest BCUT2D eigenvalue weighted by molar-refractivity contribution is -0.128. The minimum Gasteiger partial charge on any atom is -0.353 e. The maximum absolute atomic E-state index is 12.7. The Hall–Kier alpha value is -0.660. The molecule has 1 saturated heterocycles. The monoisotopic (exact) mass is 385 g/mol. The van der Waals surface area contributed by atoms with Gasteiger partial charge >= 0.3 is 0 Å². The van der Waals surface area contributed by atoms with Gasteiger partial charge in [-0.25, -0.2) is 12.7 Å². The highest BCUT2D eigenvalue weighted by Gasteiger charge is 2.41. The molecule has 2 aliphatic carbocycles. The molecule has 0 aromatic rings. The standard InChI is InChI=1S/C19H35N3O3S/c1-13(2)12-26(24,25)22-8-6-17(7-9-22)21-19(23)16-10-14-4-3-5-15(11-16)18(14)20/h13-18H,3-12,20H2,1-2H3,(H,21,23). The molecular weight excluding hydrogens is 350 g/mol. The number of nitrogens with two attached hydrogens (primary N) is 1. The van der Waals surface area contributed by atoms with Crippen LogP contribution in [0.25, 0.3) is 0 Å². The summed E-state index contributed by atoms with van der Waals surface area (Å²) in [5, 5.41) is 3.20. The van der Waals surface area contributed by atoms with Crippen molar-refractivity contribution in [1.82, 2.24) is 9.62 Å². The van der Waals surface area contributed by atoms with Gasteiger partial charge in [0.25, 0.3) is 0 Å². The second-order valence-electron chi connectivity index (χ2n) is 9.05. The highest BCUT2D eigenvalue weighted by molar-refractivity contribution is 7.89. The lowest BCUT2D eigenvalue weighted by Gasteiger charge is -2.44. The Balaban J connectivity index is 1.48. The van der Waals surface area contributed by atoms with Crippen molar-refractivity contribution in [1.29, 1.82) is 0 Å². The Kier molecular flexibility index (Phi) is 6.29. The molecule has 3 aliphatic rings. The van der Waals surface area contributed by atoms with Crippen molar-refractivity contribution in [3.05, 3.63) is 0 Å². The minimum absolute atomic E-state index is 0.0906. The normalized spacial score (nSPS) is 34.0. The van der Waals surface area contributed by atoms with Crippen LogP contribution in [-0.4, -0.2) is 49.6 Å². The Morgan fingerprint density at radius 2 is 1.69 bits per heavy atom. The summed E-state index contributed by atoms with van der Waals surface area (Å²) in [5.41, 5.74) is 6.33. The summed E-state index contributed by atoms with van der Waals surface area (Å²) in [7, 11) is -3.16. The summed E-state index contributed by atoms with van der Waals surface area (Å²) < 4.78 is 26.3. The van der Waals surface area contributed by atoms with Crippen molar-refractivity contribution in [2.24, 2.45) is 29.4 Å². The zero-order valence-corrected chi connectivity index (χ0v) is 17.0. The molecular formula is C19H35N3O3S. The number of nitrogens with zero attached hydrogens (tertiary/aromatic N) is 1. The molecule has 150 valence electrons. The predicted octanol–water partition coefficient (Wildman–Crippen LogP) is 1.71. The molecule has 3 rings (SSSR count). The van der Waals surface area contributed by atoms with Crippen molar-refractivity contribution in [2.45, 2.75) is 70.9 Å². The number of fused-ring (bicyclic) bond motifs is 2. The highest BCUT2D eigenvalue weighted by atomic mass is 32.2. The van der Waals surface area contributed by atoms with Gasteiger partial charge in [-0.1, -0.05) is 20.3 Å². The van der Waals surface area contributed by atoms with Crippen LogP contribution in [0.3, 0.4) is 0 Å². The molecule has 3 N–H and O–H groups in total. The zero-order chi connectivity index (χ0) is 18.9. The molecule has 0 spiro atoms. The Morgan fingerprint density at radius 1 is 1.12 bits per heavy atom. The Bertz CT molecular complexity index is 585. The SMILES string of the molecule is CC(C)CS(=O)(=O)N1CCC(NC(=O)C2CC3CCCC(C2)C3N)CC1. The number of amides is 1. The number of piperidine rings is 1. The molecule has 0 radical (unpaired) electrons. The van der Waals surface area contributed by atoms with Gasteiger partial charge in [-0.2, -0.15) is 0 Å². The van der Waals surface area contributed by atoms with Crippen LogP contribution in [-0.2, 0) is 14.8 Å². The molecule has 3 fully saturated rings. The summed E-state index contributed by atoms with van der Waals surface area (Å²) in [6, 6.07) is 0.380. The van der Waals surface area contributed by atoms with Gasteiger partial charge in [0.05, 0.1) is 5.75 Å². The average Bonchev–Trinajstić information content (AvgIpc) is 2.53. The van der Waals surface area contributed by atoms with Crippen molar-refractivity contribution in [3.63, 3.8) is 0 Å². The lowest BCUT2D eigenvalue weighted by atomic mass is 9.65. The summed E-state index contributed by atoms with van der Waals surface area (Å²) in [5.74, 6) is 1.59. The minimum atomic E-state index is -3.16. The van der Waals surface area contributed by atoms with Crippen molar-refractivity contribution in [3.8, 4) is 0 Å². The van der Waals surface area contributed by atoms with Crippen LogP contribution in [0.5, 0.6) is 0 Å². The highest BCUT2D eigenvalue weighted by Crippen LogP contribution is 2.42. The third-order valence-corrected chi connectivity index (χ3v) is 8.76. The first-order chi connectivity index (χ1) is 12.3. The fourth-order valence-electron chi connectivity index (χ4n) is 5.13. The van der Waals surface area contributed by atoms with Gasteiger partial charge < -0.3 is 11.1 Å². The van der Waals surface area contributed by atoms with E-state index < -0.39 is 10.0 Å². The van der Waals surface area contributed by atoms with Crippen molar-refractivity contribution >= 4 is 15.9 Å². The molecule has 2 bridgehead atoms. The van der Waals surface area contributed by atoms with Crippen LogP contribution in [0.2, 0.25) is 0 Å². The molecule has 6 nitrogen and oxygen atoms in total. The summed E-state index contributed by atoms with van der Waals surface area (Å²) >= 11 is 0. The average molecular weight is 386 g/mol. The number of nitrogens with one attached hydrogen (secondary N) is 1. The van der Waals surface area contributed by atoms with E-state index in [2.05, 4.69) is 5.32 Å². The van der Waals surface area contributed by atoms with Crippen LogP contribution in [0.4, 0.5) is 0 Å². The van der Waals surface area contributed by atoms with E-state index in [1.807, 2.05) is 13.8 Å². The second kappa shape index (κ2) is 8.15.